The highest BCUT2D eigenvalue weighted by Gasteiger charge is 2.28. The van der Waals surface area contributed by atoms with Crippen molar-refractivity contribution >= 4 is 5.91 Å². The molecule has 0 saturated carbocycles. The van der Waals surface area contributed by atoms with Crippen LogP contribution in [0.15, 0.2) is 48.7 Å². The fraction of sp³-hybridized carbons (Fsp3) is 0.400. The van der Waals surface area contributed by atoms with E-state index in [4.69, 9.17) is 9.47 Å². The van der Waals surface area contributed by atoms with E-state index in [1.54, 1.807) is 11.1 Å². The largest absolute Gasteiger partial charge is 0.484 e. The summed E-state index contributed by atoms with van der Waals surface area (Å²) in [6.07, 6.45) is 4.56. The number of aromatic nitrogens is 1. The summed E-state index contributed by atoms with van der Waals surface area (Å²) >= 11 is 0. The van der Waals surface area contributed by atoms with Crippen LogP contribution in [0.25, 0.3) is 0 Å². The number of rotatable bonds is 7. The lowest BCUT2D eigenvalue weighted by molar-refractivity contribution is -0.132. The summed E-state index contributed by atoms with van der Waals surface area (Å²) in [5, 5.41) is 0. The Kier molecular flexibility index (Phi) is 5.88. The van der Waals surface area contributed by atoms with Crippen LogP contribution in [0.1, 0.15) is 25.3 Å². The second-order valence-corrected chi connectivity index (χ2v) is 6.19. The fourth-order valence-electron chi connectivity index (χ4n) is 2.95. The van der Waals surface area contributed by atoms with Gasteiger partial charge in [0.1, 0.15) is 11.9 Å². The van der Waals surface area contributed by atoms with Crippen molar-refractivity contribution < 1.29 is 14.3 Å². The van der Waals surface area contributed by atoms with Crippen LogP contribution in [0.3, 0.4) is 0 Å². The molecule has 1 aliphatic heterocycles. The van der Waals surface area contributed by atoms with Crippen molar-refractivity contribution in [1.82, 2.24) is 9.88 Å². The maximum absolute atomic E-state index is 12.3. The third kappa shape index (κ3) is 4.72. The average molecular weight is 340 g/mol. The minimum Gasteiger partial charge on any atom is -0.484 e. The smallest absolute Gasteiger partial charge is 0.260 e. The van der Waals surface area contributed by atoms with E-state index in [1.807, 2.05) is 36.4 Å². The Morgan fingerprint density at radius 3 is 2.88 bits per heavy atom. The summed E-state index contributed by atoms with van der Waals surface area (Å²) in [4.78, 5) is 18.5. The Morgan fingerprint density at radius 1 is 1.24 bits per heavy atom. The molecule has 1 saturated heterocycles. The van der Waals surface area contributed by atoms with Gasteiger partial charge in [-0.15, -0.1) is 0 Å². The van der Waals surface area contributed by atoms with Crippen molar-refractivity contribution in [3.05, 3.63) is 54.2 Å². The first-order chi connectivity index (χ1) is 12.3. The number of hydrogen-bond acceptors (Lipinski definition) is 4. The summed E-state index contributed by atoms with van der Waals surface area (Å²) in [5.74, 6) is 1.40. The number of aryl methyl sites for hydroxylation is 1. The molecule has 0 radical (unpaired) electrons. The van der Waals surface area contributed by atoms with Gasteiger partial charge in [-0.2, -0.15) is 0 Å². The van der Waals surface area contributed by atoms with Gasteiger partial charge < -0.3 is 14.4 Å². The molecule has 25 heavy (non-hydrogen) atoms. The Balaban J connectivity index is 1.50. The molecule has 132 valence electrons. The number of likely N-dealkylation sites (tertiary alicyclic amines) is 1. The van der Waals surface area contributed by atoms with Crippen molar-refractivity contribution in [2.45, 2.75) is 32.3 Å². The molecule has 1 aromatic heterocycles. The lowest BCUT2D eigenvalue weighted by atomic mass is 10.1. The number of pyridine rings is 1. The molecule has 3 rings (SSSR count). The molecular formula is C20H24N2O3. The molecule has 2 aromatic rings. The summed E-state index contributed by atoms with van der Waals surface area (Å²) < 4.78 is 11.6. The van der Waals surface area contributed by atoms with E-state index in [-0.39, 0.29) is 18.6 Å². The Morgan fingerprint density at radius 2 is 2.08 bits per heavy atom. The third-order valence-electron chi connectivity index (χ3n) is 4.25. The molecule has 2 heterocycles. The SMILES string of the molecule is CCCc1cccnc1OC1CCN(C(=O)COc2ccccc2)C1. The van der Waals surface area contributed by atoms with Crippen LogP contribution in [0.2, 0.25) is 0 Å². The monoisotopic (exact) mass is 340 g/mol. The van der Waals surface area contributed by atoms with Gasteiger partial charge in [0.25, 0.3) is 5.91 Å². The molecule has 1 atom stereocenters. The molecule has 0 bridgehead atoms. The van der Waals surface area contributed by atoms with Crippen LogP contribution >= 0.6 is 0 Å². The van der Waals surface area contributed by atoms with E-state index in [9.17, 15) is 4.79 Å². The van der Waals surface area contributed by atoms with Crippen molar-refractivity contribution in [2.75, 3.05) is 19.7 Å². The highest BCUT2D eigenvalue weighted by Crippen LogP contribution is 2.21. The lowest BCUT2D eigenvalue weighted by Crippen LogP contribution is -2.34. The van der Waals surface area contributed by atoms with E-state index in [1.165, 1.54) is 0 Å². The molecule has 0 spiro atoms. The van der Waals surface area contributed by atoms with Crippen LogP contribution in [0.5, 0.6) is 11.6 Å². The van der Waals surface area contributed by atoms with Crippen molar-refractivity contribution in [3.63, 3.8) is 0 Å². The van der Waals surface area contributed by atoms with E-state index in [0.717, 1.165) is 24.8 Å². The number of benzene rings is 1. The van der Waals surface area contributed by atoms with E-state index in [0.29, 0.717) is 24.7 Å². The number of carbonyl (C=O) groups excluding carboxylic acids is 1. The molecule has 1 aromatic carbocycles. The Labute approximate surface area is 148 Å². The molecule has 1 fully saturated rings. The van der Waals surface area contributed by atoms with E-state index >= 15 is 0 Å². The zero-order valence-corrected chi connectivity index (χ0v) is 14.6. The van der Waals surface area contributed by atoms with Crippen molar-refractivity contribution in [2.24, 2.45) is 0 Å². The second-order valence-electron chi connectivity index (χ2n) is 6.19. The fourth-order valence-corrected chi connectivity index (χ4v) is 2.95. The molecular weight excluding hydrogens is 316 g/mol. The zero-order chi connectivity index (χ0) is 17.5. The minimum atomic E-state index is -0.00949. The standard InChI is InChI=1S/C20H24N2O3/c1-2-7-16-8-6-12-21-20(16)25-18-11-13-22(14-18)19(23)15-24-17-9-4-3-5-10-17/h3-6,8-10,12,18H,2,7,11,13-15H2,1H3. The van der Waals surface area contributed by atoms with Crippen molar-refractivity contribution in [1.29, 1.82) is 0 Å². The van der Waals surface area contributed by atoms with Gasteiger partial charge in [0.15, 0.2) is 6.61 Å². The highest BCUT2D eigenvalue weighted by atomic mass is 16.5. The van der Waals surface area contributed by atoms with Gasteiger partial charge >= 0.3 is 0 Å². The number of carbonyl (C=O) groups is 1. The van der Waals surface area contributed by atoms with Gasteiger partial charge in [0.05, 0.1) is 6.54 Å². The molecule has 1 aliphatic rings. The van der Waals surface area contributed by atoms with Gasteiger partial charge in [-0.25, -0.2) is 4.98 Å². The average Bonchev–Trinajstić information content (AvgIpc) is 3.11. The molecule has 1 unspecified atom stereocenters. The topological polar surface area (TPSA) is 51.7 Å². The van der Waals surface area contributed by atoms with Gasteiger partial charge in [-0.05, 0) is 24.6 Å². The number of hydrogen-bond donors (Lipinski definition) is 0. The molecule has 1 amide bonds. The number of nitrogens with zero attached hydrogens (tertiary/aromatic N) is 2. The first-order valence-corrected chi connectivity index (χ1v) is 8.82. The Bertz CT molecular complexity index is 690. The van der Waals surface area contributed by atoms with Crippen LogP contribution in [-0.4, -0.2) is 41.6 Å². The number of amides is 1. The van der Waals surface area contributed by atoms with Gasteiger partial charge in [0, 0.05) is 24.7 Å². The molecule has 5 heteroatoms. The quantitative estimate of drug-likeness (QED) is 0.777. The second kappa shape index (κ2) is 8.51. The van der Waals surface area contributed by atoms with Crippen LogP contribution < -0.4 is 9.47 Å². The van der Waals surface area contributed by atoms with E-state index in [2.05, 4.69) is 18.0 Å². The van der Waals surface area contributed by atoms with Gasteiger partial charge in [-0.3, -0.25) is 4.79 Å². The highest BCUT2D eigenvalue weighted by molar-refractivity contribution is 5.78. The predicted molar refractivity (Wildman–Crippen MR) is 95.8 cm³/mol. The summed E-state index contributed by atoms with van der Waals surface area (Å²) in [5.41, 5.74) is 1.13. The number of para-hydroxylation sites is 1. The number of ether oxygens (including phenoxy) is 2. The normalized spacial score (nSPS) is 16.7. The van der Waals surface area contributed by atoms with Crippen LogP contribution in [-0.2, 0) is 11.2 Å². The third-order valence-corrected chi connectivity index (χ3v) is 4.25. The van der Waals surface area contributed by atoms with Gasteiger partial charge in [0.2, 0.25) is 5.88 Å². The van der Waals surface area contributed by atoms with Crippen LogP contribution in [0, 0.1) is 0 Å². The summed E-state index contributed by atoms with van der Waals surface area (Å²) in [6.45, 7) is 3.47. The predicted octanol–water partition coefficient (Wildman–Crippen LogP) is 3.09. The first-order valence-electron chi connectivity index (χ1n) is 8.82. The summed E-state index contributed by atoms with van der Waals surface area (Å²) in [6, 6.07) is 13.4. The van der Waals surface area contributed by atoms with Crippen molar-refractivity contribution in [3.8, 4) is 11.6 Å². The lowest BCUT2D eigenvalue weighted by Gasteiger charge is -2.18. The molecule has 0 aliphatic carbocycles. The maximum Gasteiger partial charge on any atom is 0.260 e. The summed E-state index contributed by atoms with van der Waals surface area (Å²) in [7, 11) is 0. The minimum absolute atomic E-state index is 0.00817. The zero-order valence-electron chi connectivity index (χ0n) is 14.6. The Hall–Kier alpha value is -2.56. The first kappa shape index (κ1) is 17.3. The van der Waals surface area contributed by atoms with Crippen LogP contribution in [0.4, 0.5) is 0 Å². The molecule has 5 nitrogen and oxygen atoms in total. The molecule has 0 N–H and O–H groups in total. The van der Waals surface area contributed by atoms with E-state index < -0.39 is 0 Å². The maximum atomic E-state index is 12.3. The van der Waals surface area contributed by atoms with Gasteiger partial charge in [-0.1, -0.05) is 37.6 Å².